The van der Waals surface area contributed by atoms with Gasteiger partial charge in [0.2, 0.25) is 5.91 Å². The lowest BCUT2D eigenvalue weighted by atomic mass is 9.96. The third-order valence-corrected chi connectivity index (χ3v) is 4.71. The van der Waals surface area contributed by atoms with Crippen molar-refractivity contribution in [2.75, 3.05) is 18.4 Å². The van der Waals surface area contributed by atoms with Crippen molar-refractivity contribution in [3.8, 4) is 0 Å². The molecule has 2 aromatic rings. The van der Waals surface area contributed by atoms with Crippen molar-refractivity contribution in [3.63, 3.8) is 0 Å². The molecular weight excluding hydrogens is 336 g/mol. The molecule has 5 heteroatoms. The molecule has 0 aliphatic carbocycles. The van der Waals surface area contributed by atoms with Gasteiger partial charge < -0.3 is 10.2 Å². The zero-order chi connectivity index (χ0) is 17.8. The monoisotopic (exact) mass is 356 g/mol. The number of aryl methyl sites for hydroxylation is 1. The minimum absolute atomic E-state index is 0.0348. The first-order valence-corrected chi connectivity index (χ1v) is 8.83. The molecule has 1 aliphatic rings. The van der Waals surface area contributed by atoms with E-state index in [1.54, 1.807) is 29.2 Å². The summed E-state index contributed by atoms with van der Waals surface area (Å²) in [6, 6.07) is 14.6. The van der Waals surface area contributed by atoms with Crippen molar-refractivity contribution in [1.29, 1.82) is 0 Å². The van der Waals surface area contributed by atoms with Gasteiger partial charge in [0.15, 0.2) is 0 Å². The molecule has 1 fully saturated rings. The summed E-state index contributed by atoms with van der Waals surface area (Å²) in [5, 5.41) is 3.49. The van der Waals surface area contributed by atoms with Crippen molar-refractivity contribution in [3.05, 3.63) is 64.7 Å². The molecule has 1 heterocycles. The van der Waals surface area contributed by atoms with Crippen LogP contribution in [0.1, 0.15) is 28.8 Å². The lowest BCUT2D eigenvalue weighted by Crippen LogP contribution is -2.43. The molecule has 0 saturated carbocycles. The largest absolute Gasteiger partial charge is 0.338 e. The molecule has 2 aromatic carbocycles. The second-order valence-corrected chi connectivity index (χ2v) is 6.89. The number of amides is 2. The molecule has 0 aromatic heterocycles. The van der Waals surface area contributed by atoms with Gasteiger partial charge in [-0.3, -0.25) is 9.59 Å². The molecule has 4 nitrogen and oxygen atoms in total. The number of halogens is 1. The number of likely N-dealkylation sites (tertiary alicyclic amines) is 1. The summed E-state index contributed by atoms with van der Waals surface area (Å²) in [4.78, 5) is 26.9. The summed E-state index contributed by atoms with van der Waals surface area (Å²) in [5.41, 5.74) is 2.50. The fourth-order valence-corrected chi connectivity index (χ4v) is 3.25. The average Bonchev–Trinajstić information content (AvgIpc) is 2.63. The van der Waals surface area contributed by atoms with E-state index in [-0.39, 0.29) is 17.7 Å². The molecule has 1 aliphatic heterocycles. The van der Waals surface area contributed by atoms with E-state index in [2.05, 4.69) is 5.32 Å². The highest BCUT2D eigenvalue weighted by atomic mass is 35.5. The van der Waals surface area contributed by atoms with Crippen LogP contribution in [0, 0.1) is 12.8 Å². The van der Waals surface area contributed by atoms with Gasteiger partial charge in [0.1, 0.15) is 0 Å². The third kappa shape index (κ3) is 4.40. The van der Waals surface area contributed by atoms with Gasteiger partial charge in [-0.05, 0) is 50.1 Å². The maximum absolute atomic E-state index is 12.7. The number of piperidine rings is 1. The van der Waals surface area contributed by atoms with Crippen molar-refractivity contribution in [2.24, 2.45) is 5.92 Å². The van der Waals surface area contributed by atoms with Crippen LogP contribution in [0.15, 0.2) is 48.5 Å². The van der Waals surface area contributed by atoms with Crippen LogP contribution in [0.5, 0.6) is 0 Å². The predicted molar refractivity (Wildman–Crippen MR) is 99.9 cm³/mol. The van der Waals surface area contributed by atoms with Crippen molar-refractivity contribution in [1.82, 2.24) is 4.90 Å². The predicted octanol–water partition coefficient (Wildman–Crippen LogP) is 4.14. The number of benzene rings is 2. The zero-order valence-corrected chi connectivity index (χ0v) is 14.9. The normalized spacial score (nSPS) is 17.2. The number of hydrogen-bond acceptors (Lipinski definition) is 2. The van der Waals surface area contributed by atoms with E-state index in [0.29, 0.717) is 23.7 Å². The Hall–Kier alpha value is -2.33. The SMILES string of the molecule is Cc1ccc(NC(=O)C2CCCN(C(=O)c3cccc(Cl)c3)C2)cc1. The first-order chi connectivity index (χ1) is 12.0. The molecule has 130 valence electrons. The molecular formula is C20H21ClN2O2. The summed E-state index contributed by atoms with van der Waals surface area (Å²) in [5.74, 6) is -0.305. The first kappa shape index (κ1) is 17.5. The highest BCUT2D eigenvalue weighted by Crippen LogP contribution is 2.21. The second-order valence-electron chi connectivity index (χ2n) is 6.46. The molecule has 3 rings (SSSR count). The Balaban J connectivity index is 1.65. The van der Waals surface area contributed by atoms with Crippen LogP contribution in [0.3, 0.4) is 0 Å². The molecule has 25 heavy (non-hydrogen) atoms. The summed E-state index contributed by atoms with van der Waals surface area (Å²) in [6.45, 7) is 3.11. The van der Waals surface area contributed by atoms with Gasteiger partial charge >= 0.3 is 0 Å². The van der Waals surface area contributed by atoms with Crippen LogP contribution in [0.25, 0.3) is 0 Å². The Morgan fingerprint density at radius 3 is 2.64 bits per heavy atom. The molecule has 1 unspecified atom stereocenters. The fourth-order valence-electron chi connectivity index (χ4n) is 3.06. The lowest BCUT2D eigenvalue weighted by Gasteiger charge is -2.32. The number of anilines is 1. The fraction of sp³-hybridized carbons (Fsp3) is 0.300. The number of rotatable bonds is 3. The van der Waals surface area contributed by atoms with E-state index in [4.69, 9.17) is 11.6 Å². The number of carbonyl (C=O) groups excluding carboxylic acids is 2. The maximum Gasteiger partial charge on any atom is 0.253 e. The van der Waals surface area contributed by atoms with E-state index in [9.17, 15) is 9.59 Å². The number of nitrogens with zero attached hydrogens (tertiary/aromatic N) is 1. The lowest BCUT2D eigenvalue weighted by molar-refractivity contribution is -0.121. The van der Waals surface area contributed by atoms with Crippen LogP contribution in [0.4, 0.5) is 5.69 Å². The van der Waals surface area contributed by atoms with E-state index in [1.807, 2.05) is 31.2 Å². The number of nitrogens with one attached hydrogen (secondary N) is 1. The molecule has 0 bridgehead atoms. The molecule has 1 saturated heterocycles. The van der Waals surface area contributed by atoms with Crippen LogP contribution in [0.2, 0.25) is 5.02 Å². The van der Waals surface area contributed by atoms with Crippen molar-refractivity contribution >= 4 is 29.1 Å². The summed E-state index contributed by atoms with van der Waals surface area (Å²) in [6.07, 6.45) is 1.61. The summed E-state index contributed by atoms with van der Waals surface area (Å²) >= 11 is 5.97. The van der Waals surface area contributed by atoms with Gasteiger partial charge in [-0.25, -0.2) is 0 Å². The number of hydrogen-bond donors (Lipinski definition) is 1. The molecule has 1 atom stereocenters. The highest BCUT2D eigenvalue weighted by Gasteiger charge is 2.29. The van der Waals surface area contributed by atoms with Gasteiger partial charge in [-0.2, -0.15) is 0 Å². The van der Waals surface area contributed by atoms with Gasteiger partial charge in [0.25, 0.3) is 5.91 Å². The minimum Gasteiger partial charge on any atom is -0.338 e. The van der Waals surface area contributed by atoms with Gasteiger partial charge in [0, 0.05) is 29.4 Å². The summed E-state index contributed by atoms with van der Waals surface area (Å²) in [7, 11) is 0. The van der Waals surface area contributed by atoms with Crippen molar-refractivity contribution in [2.45, 2.75) is 19.8 Å². The van der Waals surface area contributed by atoms with Crippen LogP contribution in [-0.4, -0.2) is 29.8 Å². The standard InChI is InChI=1S/C20H21ClN2O2/c1-14-7-9-18(10-8-14)22-19(24)16-5-3-11-23(13-16)20(25)15-4-2-6-17(21)12-15/h2,4,6-10,12,16H,3,5,11,13H2,1H3,(H,22,24). The minimum atomic E-state index is -0.196. The average molecular weight is 357 g/mol. The van der Waals surface area contributed by atoms with E-state index >= 15 is 0 Å². The Bertz CT molecular complexity index is 774. The Kier molecular flexibility index (Phi) is 5.39. The Morgan fingerprint density at radius 1 is 1.16 bits per heavy atom. The number of carbonyl (C=O) groups is 2. The second kappa shape index (κ2) is 7.70. The van der Waals surface area contributed by atoms with Crippen LogP contribution >= 0.6 is 11.6 Å². The van der Waals surface area contributed by atoms with Crippen LogP contribution < -0.4 is 5.32 Å². The van der Waals surface area contributed by atoms with E-state index < -0.39 is 0 Å². The molecule has 0 spiro atoms. The van der Waals surface area contributed by atoms with E-state index in [1.165, 1.54) is 0 Å². The third-order valence-electron chi connectivity index (χ3n) is 4.47. The molecule has 2 amide bonds. The van der Waals surface area contributed by atoms with Gasteiger partial charge in [0.05, 0.1) is 5.92 Å². The van der Waals surface area contributed by atoms with Crippen molar-refractivity contribution < 1.29 is 9.59 Å². The van der Waals surface area contributed by atoms with E-state index in [0.717, 1.165) is 24.1 Å². The quantitative estimate of drug-likeness (QED) is 0.898. The Morgan fingerprint density at radius 2 is 1.92 bits per heavy atom. The smallest absolute Gasteiger partial charge is 0.253 e. The Labute approximate surface area is 152 Å². The van der Waals surface area contributed by atoms with Crippen LogP contribution in [-0.2, 0) is 4.79 Å². The van der Waals surface area contributed by atoms with Gasteiger partial charge in [-0.15, -0.1) is 0 Å². The molecule has 1 N–H and O–H groups in total. The summed E-state index contributed by atoms with van der Waals surface area (Å²) < 4.78 is 0. The van der Waals surface area contributed by atoms with Gasteiger partial charge in [-0.1, -0.05) is 35.4 Å². The maximum atomic E-state index is 12.7. The molecule has 0 radical (unpaired) electrons. The first-order valence-electron chi connectivity index (χ1n) is 8.45. The zero-order valence-electron chi connectivity index (χ0n) is 14.2. The topological polar surface area (TPSA) is 49.4 Å². The highest BCUT2D eigenvalue weighted by molar-refractivity contribution is 6.30.